The Morgan fingerprint density at radius 2 is 1.94 bits per heavy atom. The Labute approximate surface area is 98.7 Å². The summed E-state index contributed by atoms with van der Waals surface area (Å²) in [5, 5.41) is 2.84. The van der Waals surface area contributed by atoms with Gasteiger partial charge in [0.05, 0.1) is 12.6 Å². The Kier molecular flexibility index (Phi) is 6.41. The Hall–Kier alpha value is -0.770. The van der Waals surface area contributed by atoms with Gasteiger partial charge in [0.15, 0.2) is 0 Å². The number of nitrogens with one attached hydrogen (secondary N) is 1. The Bertz CT molecular complexity index is 211. The molecule has 0 saturated carbocycles. The van der Waals surface area contributed by atoms with Gasteiger partial charge in [0.1, 0.15) is 5.60 Å². The van der Waals surface area contributed by atoms with Gasteiger partial charge in [-0.25, -0.2) is 4.79 Å². The third kappa shape index (κ3) is 6.67. The molecule has 4 nitrogen and oxygen atoms in total. The number of carbonyl (C=O) groups is 1. The highest BCUT2D eigenvalue weighted by atomic mass is 16.6. The summed E-state index contributed by atoms with van der Waals surface area (Å²) in [5.74, 6) is 0.368. The summed E-state index contributed by atoms with van der Waals surface area (Å²) in [6, 6.07) is 0.00449. The van der Waals surface area contributed by atoms with Crippen LogP contribution >= 0.6 is 0 Å². The smallest absolute Gasteiger partial charge is 0.407 e. The number of methoxy groups -OCH3 is 1. The molecule has 0 saturated heterocycles. The van der Waals surface area contributed by atoms with E-state index < -0.39 is 5.60 Å². The molecule has 0 aliphatic rings. The van der Waals surface area contributed by atoms with Crippen molar-refractivity contribution in [2.24, 2.45) is 5.92 Å². The van der Waals surface area contributed by atoms with Crippen LogP contribution in [0.4, 0.5) is 4.79 Å². The quantitative estimate of drug-likeness (QED) is 0.791. The number of rotatable bonds is 5. The van der Waals surface area contributed by atoms with Crippen LogP contribution in [0.3, 0.4) is 0 Å². The lowest BCUT2D eigenvalue weighted by molar-refractivity contribution is 0.0436. The van der Waals surface area contributed by atoms with E-state index in [-0.39, 0.29) is 12.1 Å². The minimum Gasteiger partial charge on any atom is -0.444 e. The van der Waals surface area contributed by atoms with Crippen LogP contribution in [0.25, 0.3) is 0 Å². The number of hydrogen-bond acceptors (Lipinski definition) is 3. The average molecular weight is 231 g/mol. The van der Waals surface area contributed by atoms with E-state index in [1.807, 2.05) is 20.8 Å². The molecule has 1 amide bonds. The number of hydrogen-bond donors (Lipinski definition) is 1. The molecular weight excluding hydrogens is 206 g/mol. The van der Waals surface area contributed by atoms with Crippen LogP contribution in [0, 0.1) is 5.92 Å². The van der Waals surface area contributed by atoms with E-state index in [0.29, 0.717) is 12.5 Å². The zero-order valence-electron chi connectivity index (χ0n) is 11.3. The van der Waals surface area contributed by atoms with Crippen LogP contribution < -0.4 is 5.32 Å². The molecule has 0 aliphatic carbocycles. The van der Waals surface area contributed by atoms with E-state index in [4.69, 9.17) is 9.47 Å². The first-order chi connectivity index (χ1) is 7.30. The molecule has 0 aromatic rings. The van der Waals surface area contributed by atoms with Gasteiger partial charge in [-0.15, -0.1) is 0 Å². The maximum Gasteiger partial charge on any atom is 0.407 e. The second-order valence-corrected chi connectivity index (χ2v) is 5.09. The summed E-state index contributed by atoms with van der Waals surface area (Å²) in [5.41, 5.74) is -0.461. The van der Waals surface area contributed by atoms with Crippen LogP contribution in [-0.4, -0.2) is 31.5 Å². The topological polar surface area (TPSA) is 47.6 Å². The Morgan fingerprint density at radius 3 is 2.31 bits per heavy atom. The fraction of sp³-hybridized carbons (Fsp3) is 0.917. The molecule has 0 rings (SSSR count). The van der Waals surface area contributed by atoms with Gasteiger partial charge in [0.2, 0.25) is 0 Å². The molecule has 0 aliphatic heterocycles. The van der Waals surface area contributed by atoms with Gasteiger partial charge in [-0.05, 0) is 26.7 Å². The van der Waals surface area contributed by atoms with Gasteiger partial charge in [-0.3, -0.25) is 0 Å². The lowest BCUT2D eigenvalue weighted by Gasteiger charge is -2.26. The lowest BCUT2D eigenvalue weighted by atomic mass is 10.0. The van der Waals surface area contributed by atoms with Gasteiger partial charge in [-0.2, -0.15) is 0 Å². The molecule has 96 valence electrons. The number of amides is 1. The lowest BCUT2D eigenvalue weighted by Crippen LogP contribution is -2.44. The summed E-state index contributed by atoms with van der Waals surface area (Å²) in [6.45, 7) is 10.2. The zero-order valence-corrected chi connectivity index (χ0v) is 11.3. The monoisotopic (exact) mass is 231 g/mol. The van der Waals surface area contributed by atoms with Crippen LogP contribution in [0.5, 0.6) is 0 Å². The molecule has 0 bridgehead atoms. The van der Waals surface area contributed by atoms with Gasteiger partial charge in [0.25, 0.3) is 0 Å². The molecule has 0 fully saturated rings. The van der Waals surface area contributed by atoms with Crippen LogP contribution in [0.15, 0.2) is 0 Å². The standard InChI is InChI=1S/C12H25NO3/c1-7-9(2)10(8-15-6)13-11(14)16-12(3,4)5/h9-10H,7-8H2,1-6H3,(H,13,14)/t9-,10+/m0/s1. The molecule has 0 spiro atoms. The summed E-state index contributed by atoms with van der Waals surface area (Å²) in [6.07, 6.45) is 0.610. The highest BCUT2D eigenvalue weighted by Gasteiger charge is 2.22. The van der Waals surface area contributed by atoms with E-state index >= 15 is 0 Å². The van der Waals surface area contributed by atoms with Crippen LogP contribution in [0.1, 0.15) is 41.0 Å². The average Bonchev–Trinajstić information content (AvgIpc) is 2.13. The summed E-state index contributed by atoms with van der Waals surface area (Å²) < 4.78 is 10.3. The molecule has 16 heavy (non-hydrogen) atoms. The van der Waals surface area contributed by atoms with E-state index in [0.717, 1.165) is 6.42 Å². The highest BCUT2D eigenvalue weighted by Crippen LogP contribution is 2.11. The second-order valence-electron chi connectivity index (χ2n) is 5.09. The predicted octanol–water partition coefficient (Wildman–Crippen LogP) is 2.57. The van der Waals surface area contributed by atoms with E-state index in [1.54, 1.807) is 7.11 Å². The van der Waals surface area contributed by atoms with Crippen molar-refractivity contribution in [3.05, 3.63) is 0 Å². The normalized spacial score (nSPS) is 15.4. The number of carbonyl (C=O) groups excluding carboxylic acids is 1. The van der Waals surface area contributed by atoms with Crippen molar-refractivity contribution in [1.29, 1.82) is 0 Å². The molecule has 0 unspecified atom stereocenters. The van der Waals surface area contributed by atoms with Crippen molar-refractivity contribution >= 4 is 6.09 Å². The van der Waals surface area contributed by atoms with E-state index in [2.05, 4.69) is 19.2 Å². The molecular formula is C12H25NO3. The first-order valence-corrected chi connectivity index (χ1v) is 5.78. The summed E-state index contributed by atoms with van der Waals surface area (Å²) in [4.78, 5) is 11.6. The SMILES string of the molecule is CC[C@H](C)[C@@H](COC)NC(=O)OC(C)(C)C. The molecule has 1 N–H and O–H groups in total. The molecule has 2 atom stereocenters. The van der Waals surface area contributed by atoms with E-state index in [9.17, 15) is 4.79 Å². The molecule has 0 aromatic carbocycles. The minimum atomic E-state index is -0.461. The number of alkyl carbamates (subject to hydrolysis) is 1. The molecule has 0 radical (unpaired) electrons. The zero-order chi connectivity index (χ0) is 12.8. The van der Waals surface area contributed by atoms with Crippen molar-refractivity contribution < 1.29 is 14.3 Å². The van der Waals surface area contributed by atoms with Crippen molar-refractivity contribution in [1.82, 2.24) is 5.32 Å². The van der Waals surface area contributed by atoms with Crippen molar-refractivity contribution in [3.63, 3.8) is 0 Å². The highest BCUT2D eigenvalue weighted by molar-refractivity contribution is 5.68. The molecule has 0 aromatic heterocycles. The maximum atomic E-state index is 11.6. The third-order valence-corrected chi connectivity index (χ3v) is 2.38. The molecule has 0 heterocycles. The fourth-order valence-corrected chi connectivity index (χ4v) is 1.27. The fourth-order valence-electron chi connectivity index (χ4n) is 1.27. The maximum absolute atomic E-state index is 11.6. The van der Waals surface area contributed by atoms with Gasteiger partial charge in [0, 0.05) is 7.11 Å². The summed E-state index contributed by atoms with van der Waals surface area (Å²) >= 11 is 0. The molecule has 4 heteroatoms. The third-order valence-electron chi connectivity index (χ3n) is 2.38. The van der Waals surface area contributed by atoms with Gasteiger partial charge in [-0.1, -0.05) is 20.3 Å². The first-order valence-electron chi connectivity index (χ1n) is 5.78. The Morgan fingerprint density at radius 1 is 1.38 bits per heavy atom. The minimum absolute atomic E-state index is 0.00449. The van der Waals surface area contributed by atoms with Crippen molar-refractivity contribution in [3.8, 4) is 0 Å². The second kappa shape index (κ2) is 6.74. The van der Waals surface area contributed by atoms with Gasteiger partial charge >= 0.3 is 6.09 Å². The van der Waals surface area contributed by atoms with Crippen molar-refractivity contribution in [2.75, 3.05) is 13.7 Å². The number of ether oxygens (including phenoxy) is 2. The van der Waals surface area contributed by atoms with Crippen LogP contribution in [-0.2, 0) is 9.47 Å². The van der Waals surface area contributed by atoms with Gasteiger partial charge < -0.3 is 14.8 Å². The first kappa shape index (κ1) is 15.2. The largest absolute Gasteiger partial charge is 0.444 e. The summed E-state index contributed by atoms with van der Waals surface area (Å²) in [7, 11) is 1.63. The predicted molar refractivity (Wildman–Crippen MR) is 64.5 cm³/mol. The van der Waals surface area contributed by atoms with Crippen LogP contribution in [0.2, 0.25) is 0 Å². The van der Waals surface area contributed by atoms with E-state index in [1.165, 1.54) is 0 Å². The Balaban J connectivity index is 4.23. The van der Waals surface area contributed by atoms with Crippen molar-refractivity contribution in [2.45, 2.75) is 52.7 Å².